The summed E-state index contributed by atoms with van der Waals surface area (Å²) in [4.78, 5) is 18.9. The van der Waals surface area contributed by atoms with E-state index in [1.54, 1.807) is 13.8 Å². The number of aromatic nitrogens is 4. The van der Waals surface area contributed by atoms with E-state index in [-0.39, 0.29) is 11.3 Å². The number of aromatic carboxylic acids is 1. The van der Waals surface area contributed by atoms with Crippen molar-refractivity contribution in [2.45, 2.75) is 13.8 Å². The highest BCUT2D eigenvalue weighted by molar-refractivity contribution is 5.88. The third-order valence-corrected chi connectivity index (χ3v) is 2.22. The lowest BCUT2D eigenvalue weighted by atomic mass is 10.2. The molecular formula is C10H11N5O2. The molecule has 0 saturated carbocycles. The molecule has 7 heteroatoms. The fraction of sp³-hybridized carbons (Fsp3) is 0.200. The maximum absolute atomic E-state index is 10.7. The highest BCUT2D eigenvalue weighted by Gasteiger charge is 2.12. The molecule has 2 rings (SSSR count). The maximum atomic E-state index is 10.7. The fourth-order valence-electron chi connectivity index (χ4n) is 1.49. The van der Waals surface area contributed by atoms with E-state index in [1.165, 1.54) is 16.9 Å². The second-order valence-electron chi connectivity index (χ2n) is 3.56. The molecule has 0 aliphatic carbocycles. The Bertz CT molecular complexity index is 590. The molecule has 17 heavy (non-hydrogen) atoms. The Morgan fingerprint density at radius 3 is 2.65 bits per heavy atom. The van der Waals surface area contributed by atoms with Crippen molar-refractivity contribution in [3.05, 3.63) is 29.5 Å². The van der Waals surface area contributed by atoms with Crippen molar-refractivity contribution in [3.63, 3.8) is 0 Å². The molecule has 2 heterocycles. The van der Waals surface area contributed by atoms with E-state index in [0.717, 1.165) is 0 Å². The van der Waals surface area contributed by atoms with Gasteiger partial charge in [0.25, 0.3) is 0 Å². The van der Waals surface area contributed by atoms with Crippen LogP contribution in [0.25, 0.3) is 5.82 Å². The van der Waals surface area contributed by atoms with Crippen LogP contribution in [0.2, 0.25) is 0 Å². The number of hydrogen-bond acceptors (Lipinski definition) is 5. The summed E-state index contributed by atoms with van der Waals surface area (Å²) in [5.41, 5.74) is 6.05. The minimum Gasteiger partial charge on any atom is -0.478 e. The molecule has 0 aromatic carbocycles. The molecule has 0 radical (unpaired) electrons. The number of carboxylic acid groups (broad SMARTS) is 1. The number of carboxylic acids is 1. The minimum atomic E-state index is -1.07. The molecule has 0 aliphatic rings. The Balaban J connectivity index is 2.54. The molecule has 0 bridgehead atoms. The van der Waals surface area contributed by atoms with Crippen LogP contribution in [0.15, 0.2) is 12.3 Å². The van der Waals surface area contributed by atoms with Crippen LogP contribution in [0.4, 0.5) is 5.69 Å². The molecule has 7 nitrogen and oxygen atoms in total. The van der Waals surface area contributed by atoms with Gasteiger partial charge in [-0.1, -0.05) is 0 Å². The van der Waals surface area contributed by atoms with Gasteiger partial charge in [-0.25, -0.2) is 14.8 Å². The quantitative estimate of drug-likeness (QED) is 0.784. The number of carbonyl (C=O) groups is 1. The van der Waals surface area contributed by atoms with Gasteiger partial charge in [-0.3, -0.25) is 0 Å². The SMILES string of the molecule is Cc1nc(C)n(-c2ncc(C(=O)O)cc2N)n1. The normalized spacial score (nSPS) is 10.5. The van der Waals surface area contributed by atoms with Gasteiger partial charge in [-0.2, -0.15) is 4.68 Å². The number of nitrogens with two attached hydrogens (primary N) is 1. The highest BCUT2D eigenvalue weighted by Crippen LogP contribution is 2.16. The first-order chi connectivity index (χ1) is 7.99. The van der Waals surface area contributed by atoms with Crippen LogP contribution in [0.3, 0.4) is 0 Å². The van der Waals surface area contributed by atoms with Crippen LogP contribution in [-0.2, 0) is 0 Å². The standard InChI is InChI=1S/C10H11N5O2/c1-5-13-6(2)15(14-5)9-8(11)3-7(4-12-9)10(16)17/h3-4H,11H2,1-2H3,(H,16,17). The summed E-state index contributed by atoms with van der Waals surface area (Å²) in [6, 6.07) is 1.35. The third-order valence-electron chi connectivity index (χ3n) is 2.22. The molecule has 0 aliphatic heterocycles. The van der Waals surface area contributed by atoms with Crippen LogP contribution in [0.5, 0.6) is 0 Å². The Morgan fingerprint density at radius 1 is 1.47 bits per heavy atom. The van der Waals surface area contributed by atoms with Gasteiger partial charge in [-0.15, -0.1) is 5.10 Å². The van der Waals surface area contributed by atoms with Crippen molar-refractivity contribution in [1.29, 1.82) is 0 Å². The molecule has 0 saturated heterocycles. The number of pyridine rings is 1. The van der Waals surface area contributed by atoms with Gasteiger partial charge >= 0.3 is 5.97 Å². The number of nitrogens with zero attached hydrogens (tertiary/aromatic N) is 4. The van der Waals surface area contributed by atoms with Gasteiger partial charge in [-0.05, 0) is 19.9 Å². The summed E-state index contributed by atoms with van der Waals surface area (Å²) in [6.45, 7) is 3.53. The number of hydrogen-bond donors (Lipinski definition) is 2. The van der Waals surface area contributed by atoms with E-state index < -0.39 is 5.97 Å². The minimum absolute atomic E-state index is 0.0424. The van der Waals surface area contributed by atoms with Crippen LogP contribution in [0.1, 0.15) is 22.0 Å². The molecule has 2 aromatic rings. The average Bonchev–Trinajstić information content (AvgIpc) is 2.57. The lowest BCUT2D eigenvalue weighted by molar-refractivity contribution is 0.0696. The predicted octanol–water partition coefficient (Wildman–Crippen LogP) is 0.560. The van der Waals surface area contributed by atoms with Crippen LogP contribution in [0, 0.1) is 13.8 Å². The molecule has 0 atom stereocenters. The Kier molecular flexibility index (Phi) is 2.51. The largest absolute Gasteiger partial charge is 0.478 e. The lowest BCUT2D eigenvalue weighted by Gasteiger charge is -2.06. The molecule has 2 aromatic heterocycles. The molecule has 0 fully saturated rings. The first-order valence-electron chi connectivity index (χ1n) is 4.88. The second-order valence-corrected chi connectivity index (χ2v) is 3.56. The summed E-state index contributed by atoms with van der Waals surface area (Å²) in [6.07, 6.45) is 1.24. The molecular weight excluding hydrogens is 222 g/mol. The monoisotopic (exact) mass is 233 g/mol. The summed E-state index contributed by atoms with van der Waals surface area (Å²) >= 11 is 0. The van der Waals surface area contributed by atoms with E-state index in [4.69, 9.17) is 10.8 Å². The Hall–Kier alpha value is -2.44. The first kappa shape index (κ1) is 11.1. The van der Waals surface area contributed by atoms with Crippen LogP contribution >= 0.6 is 0 Å². The van der Waals surface area contributed by atoms with Crippen LogP contribution < -0.4 is 5.73 Å². The van der Waals surface area contributed by atoms with Crippen molar-refractivity contribution in [2.75, 3.05) is 5.73 Å². The zero-order chi connectivity index (χ0) is 12.6. The zero-order valence-corrected chi connectivity index (χ0v) is 9.38. The van der Waals surface area contributed by atoms with Gasteiger partial charge in [0.1, 0.15) is 11.6 Å². The summed E-state index contributed by atoms with van der Waals surface area (Å²) in [7, 11) is 0. The Morgan fingerprint density at radius 2 is 2.18 bits per heavy atom. The summed E-state index contributed by atoms with van der Waals surface area (Å²) in [5.74, 6) is 0.561. The van der Waals surface area contributed by atoms with Gasteiger partial charge in [0, 0.05) is 6.20 Å². The second kappa shape index (κ2) is 3.85. The first-order valence-corrected chi connectivity index (χ1v) is 4.88. The van der Waals surface area contributed by atoms with Gasteiger partial charge in [0.2, 0.25) is 0 Å². The fourth-order valence-corrected chi connectivity index (χ4v) is 1.49. The topological polar surface area (TPSA) is 107 Å². The van der Waals surface area contributed by atoms with Gasteiger partial charge < -0.3 is 10.8 Å². The Labute approximate surface area is 96.9 Å². The molecule has 0 spiro atoms. The smallest absolute Gasteiger partial charge is 0.337 e. The molecule has 0 unspecified atom stereocenters. The van der Waals surface area contributed by atoms with E-state index >= 15 is 0 Å². The van der Waals surface area contributed by atoms with Crippen molar-refractivity contribution in [3.8, 4) is 5.82 Å². The summed E-state index contributed by atoms with van der Waals surface area (Å²) in [5, 5.41) is 12.9. The lowest BCUT2D eigenvalue weighted by Crippen LogP contribution is -2.08. The van der Waals surface area contributed by atoms with E-state index in [0.29, 0.717) is 17.5 Å². The van der Waals surface area contributed by atoms with Crippen molar-refractivity contribution >= 4 is 11.7 Å². The third kappa shape index (κ3) is 1.94. The molecule has 0 amide bonds. The highest BCUT2D eigenvalue weighted by atomic mass is 16.4. The molecule has 3 N–H and O–H groups in total. The number of aryl methyl sites for hydroxylation is 2. The van der Waals surface area contributed by atoms with E-state index in [1.807, 2.05) is 0 Å². The van der Waals surface area contributed by atoms with Gasteiger partial charge in [0.05, 0.1) is 11.3 Å². The van der Waals surface area contributed by atoms with Crippen molar-refractivity contribution in [2.24, 2.45) is 0 Å². The number of nitrogen functional groups attached to an aromatic ring is 1. The average molecular weight is 233 g/mol. The summed E-state index contributed by atoms with van der Waals surface area (Å²) < 4.78 is 1.48. The number of rotatable bonds is 2. The van der Waals surface area contributed by atoms with Gasteiger partial charge in [0.15, 0.2) is 5.82 Å². The maximum Gasteiger partial charge on any atom is 0.337 e. The van der Waals surface area contributed by atoms with Crippen LogP contribution in [-0.4, -0.2) is 30.8 Å². The van der Waals surface area contributed by atoms with Crippen molar-refractivity contribution < 1.29 is 9.90 Å². The predicted molar refractivity (Wildman–Crippen MR) is 60.0 cm³/mol. The molecule has 88 valence electrons. The number of anilines is 1. The van der Waals surface area contributed by atoms with Crippen molar-refractivity contribution in [1.82, 2.24) is 19.7 Å². The van der Waals surface area contributed by atoms with E-state index in [2.05, 4.69) is 15.1 Å². The zero-order valence-electron chi connectivity index (χ0n) is 9.38. The van der Waals surface area contributed by atoms with E-state index in [9.17, 15) is 4.79 Å².